The van der Waals surface area contributed by atoms with Crippen LogP contribution in [-0.4, -0.2) is 32.8 Å². The summed E-state index contributed by atoms with van der Waals surface area (Å²) in [6.07, 6.45) is 1.41. The number of aliphatic hydroxyl groups excluding tert-OH is 1. The maximum atomic E-state index is 12.0. The molecule has 1 aliphatic rings. The topological polar surface area (TPSA) is 75.6 Å². The van der Waals surface area contributed by atoms with E-state index >= 15 is 0 Å². The normalized spacial score (nSPS) is 18.4. The van der Waals surface area contributed by atoms with Crippen LogP contribution in [0.4, 0.5) is 0 Å². The van der Waals surface area contributed by atoms with Gasteiger partial charge in [0.25, 0.3) is 0 Å². The second-order valence-corrected chi connectivity index (χ2v) is 7.00. The molecule has 0 bridgehead atoms. The van der Waals surface area contributed by atoms with Gasteiger partial charge in [-0.2, -0.15) is 0 Å². The molecule has 96 valence electrons. The number of aliphatic hydroxyl groups is 1. The Kier molecular flexibility index (Phi) is 4.16. The predicted molar refractivity (Wildman–Crippen MR) is 64.4 cm³/mol. The van der Waals surface area contributed by atoms with Crippen molar-refractivity contribution in [1.29, 1.82) is 0 Å². The Hall–Kier alpha value is -0.470. The van der Waals surface area contributed by atoms with Gasteiger partial charge in [0.15, 0.2) is 0 Å². The summed E-state index contributed by atoms with van der Waals surface area (Å²) in [7, 11) is -3.45. The van der Waals surface area contributed by atoms with Crippen molar-refractivity contribution in [2.45, 2.75) is 29.7 Å². The fourth-order valence-electron chi connectivity index (χ4n) is 1.68. The van der Waals surface area contributed by atoms with Crippen molar-refractivity contribution >= 4 is 21.4 Å². The number of nitrogens with one attached hydrogen (secondary N) is 1. The highest BCUT2D eigenvalue weighted by Gasteiger charge is 2.23. The summed E-state index contributed by atoms with van der Waals surface area (Å²) < 4.78 is 32.1. The lowest BCUT2D eigenvalue weighted by Gasteiger charge is -2.22. The summed E-state index contributed by atoms with van der Waals surface area (Å²) in [6, 6.07) is 3.11. The fraction of sp³-hybridized carbons (Fsp3) is 0.600. The van der Waals surface area contributed by atoms with Crippen LogP contribution < -0.4 is 4.72 Å². The summed E-state index contributed by atoms with van der Waals surface area (Å²) >= 11 is 1.10. The standard InChI is InChI=1S/C10H15NO4S2/c12-7-9-1-2-10(16-9)17(13,14)11-8-3-5-15-6-4-8/h1-2,8,11-12H,3-7H2. The largest absolute Gasteiger partial charge is 0.391 e. The third-order valence-corrected chi connectivity index (χ3v) is 5.68. The molecule has 0 radical (unpaired) electrons. The molecule has 0 saturated carbocycles. The van der Waals surface area contributed by atoms with Crippen LogP contribution >= 0.6 is 11.3 Å². The summed E-state index contributed by atoms with van der Waals surface area (Å²) in [5.41, 5.74) is 0. The van der Waals surface area contributed by atoms with Gasteiger partial charge in [0.1, 0.15) is 4.21 Å². The third kappa shape index (κ3) is 3.26. The van der Waals surface area contributed by atoms with Gasteiger partial charge in [-0.05, 0) is 25.0 Å². The van der Waals surface area contributed by atoms with E-state index in [2.05, 4.69) is 4.72 Å². The number of thiophene rings is 1. The Bertz CT molecular complexity index is 462. The van der Waals surface area contributed by atoms with E-state index in [1.54, 1.807) is 6.07 Å². The first-order chi connectivity index (χ1) is 8.12. The summed E-state index contributed by atoms with van der Waals surface area (Å²) in [5.74, 6) is 0. The number of rotatable bonds is 4. The minimum absolute atomic E-state index is 0.0478. The lowest BCUT2D eigenvalue weighted by atomic mass is 10.1. The van der Waals surface area contributed by atoms with Crippen LogP contribution in [0, 0.1) is 0 Å². The van der Waals surface area contributed by atoms with Gasteiger partial charge in [-0.25, -0.2) is 13.1 Å². The Balaban J connectivity index is 2.07. The molecule has 2 N–H and O–H groups in total. The summed E-state index contributed by atoms with van der Waals surface area (Å²) in [5, 5.41) is 8.92. The van der Waals surface area contributed by atoms with Crippen LogP contribution in [0.5, 0.6) is 0 Å². The molecule has 1 aromatic rings. The molecule has 0 amide bonds. The van der Waals surface area contributed by atoms with E-state index < -0.39 is 10.0 Å². The van der Waals surface area contributed by atoms with Crippen LogP contribution in [0.1, 0.15) is 17.7 Å². The van der Waals surface area contributed by atoms with Crippen LogP contribution in [0.25, 0.3) is 0 Å². The first kappa shape index (κ1) is 13.0. The van der Waals surface area contributed by atoms with Gasteiger partial charge in [-0.3, -0.25) is 0 Å². The quantitative estimate of drug-likeness (QED) is 0.849. The SMILES string of the molecule is O=S(=O)(NC1CCOCC1)c1ccc(CO)s1. The summed E-state index contributed by atoms with van der Waals surface area (Å²) in [4.78, 5) is 0.650. The van der Waals surface area contributed by atoms with Crippen molar-refractivity contribution in [3.63, 3.8) is 0 Å². The molecule has 7 heteroatoms. The number of hydrogen-bond acceptors (Lipinski definition) is 5. The van der Waals surface area contributed by atoms with Gasteiger partial charge in [0.2, 0.25) is 10.0 Å². The Morgan fingerprint density at radius 1 is 1.41 bits per heavy atom. The first-order valence-corrected chi connectivity index (χ1v) is 7.71. The molecular formula is C10H15NO4S2. The van der Waals surface area contributed by atoms with Crippen LogP contribution in [0.3, 0.4) is 0 Å². The van der Waals surface area contributed by atoms with E-state index in [0.717, 1.165) is 11.3 Å². The molecule has 1 saturated heterocycles. The third-order valence-electron chi connectivity index (χ3n) is 2.60. The van der Waals surface area contributed by atoms with E-state index in [1.807, 2.05) is 0 Å². The zero-order valence-corrected chi connectivity index (χ0v) is 10.9. The van der Waals surface area contributed by atoms with Gasteiger partial charge >= 0.3 is 0 Å². The number of ether oxygens (including phenoxy) is 1. The van der Waals surface area contributed by atoms with Crippen molar-refractivity contribution in [2.75, 3.05) is 13.2 Å². The molecule has 1 aromatic heterocycles. The lowest BCUT2D eigenvalue weighted by Crippen LogP contribution is -2.38. The first-order valence-electron chi connectivity index (χ1n) is 5.41. The molecule has 2 heterocycles. The van der Waals surface area contributed by atoms with Gasteiger partial charge in [-0.15, -0.1) is 11.3 Å². The molecule has 0 spiro atoms. The van der Waals surface area contributed by atoms with Crippen LogP contribution in [0.2, 0.25) is 0 Å². The Labute approximate surface area is 104 Å². The predicted octanol–water partition coefficient (Wildman–Crippen LogP) is 0.698. The Morgan fingerprint density at radius 2 is 2.12 bits per heavy atom. The van der Waals surface area contributed by atoms with Crippen molar-refractivity contribution in [3.8, 4) is 0 Å². The van der Waals surface area contributed by atoms with E-state index in [-0.39, 0.29) is 16.9 Å². The number of hydrogen-bond donors (Lipinski definition) is 2. The van der Waals surface area contributed by atoms with Crippen molar-refractivity contribution in [1.82, 2.24) is 4.72 Å². The van der Waals surface area contributed by atoms with Gasteiger partial charge in [0, 0.05) is 24.1 Å². The van der Waals surface area contributed by atoms with E-state index in [9.17, 15) is 8.42 Å². The van der Waals surface area contributed by atoms with E-state index in [4.69, 9.17) is 9.84 Å². The highest BCUT2D eigenvalue weighted by molar-refractivity contribution is 7.91. The zero-order valence-electron chi connectivity index (χ0n) is 9.26. The summed E-state index contributed by atoms with van der Waals surface area (Å²) in [6.45, 7) is 1.07. The minimum atomic E-state index is -3.45. The van der Waals surface area contributed by atoms with Crippen molar-refractivity contribution in [3.05, 3.63) is 17.0 Å². The van der Waals surface area contributed by atoms with Crippen LogP contribution in [0.15, 0.2) is 16.3 Å². The minimum Gasteiger partial charge on any atom is -0.391 e. The highest BCUT2D eigenvalue weighted by atomic mass is 32.2. The van der Waals surface area contributed by atoms with Crippen LogP contribution in [-0.2, 0) is 21.4 Å². The average molecular weight is 277 g/mol. The highest BCUT2D eigenvalue weighted by Crippen LogP contribution is 2.22. The van der Waals surface area contributed by atoms with E-state index in [0.29, 0.717) is 30.9 Å². The molecule has 1 fully saturated rings. The van der Waals surface area contributed by atoms with Gasteiger partial charge < -0.3 is 9.84 Å². The smallest absolute Gasteiger partial charge is 0.250 e. The second-order valence-electron chi connectivity index (χ2n) is 3.89. The average Bonchev–Trinajstić information content (AvgIpc) is 2.79. The molecule has 1 aliphatic heterocycles. The Morgan fingerprint density at radius 3 is 2.71 bits per heavy atom. The molecule has 0 aliphatic carbocycles. The van der Waals surface area contributed by atoms with Gasteiger partial charge in [-0.1, -0.05) is 0 Å². The molecular weight excluding hydrogens is 262 g/mol. The van der Waals surface area contributed by atoms with Crippen molar-refractivity contribution in [2.24, 2.45) is 0 Å². The van der Waals surface area contributed by atoms with Crippen molar-refractivity contribution < 1.29 is 18.3 Å². The second kappa shape index (κ2) is 5.45. The zero-order chi connectivity index (χ0) is 12.3. The molecule has 5 nitrogen and oxygen atoms in total. The molecule has 17 heavy (non-hydrogen) atoms. The molecule has 0 atom stereocenters. The molecule has 2 rings (SSSR count). The lowest BCUT2D eigenvalue weighted by molar-refractivity contribution is 0.0832. The maximum absolute atomic E-state index is 12.0. The molecule has 0 aromatic carbocycles. The van der Waals surface area contributed by atoms with Gasteiger partial charge in [0.05, 0.1) is 6.61 Å². The monoisotopic (exact) mass is 277 g/mol. The number of sulfonamides is 1. The van der Waals surface area contributed by atoms with E-state index in [1.165, 1.54) is 6.07 Å². The maximum Gasteiger partial charge on any atom is 0.250 e. The fourth-order valence-corrected chi connectivity index (χ4v) is 4.22. The molecule has 0 unspecified atom stereocenters.